The Morgan fingerprint density at radius 1 is 1.28 bits per heavy atom. The molecule has 0 bridgehead atoms. The molecule has 0 atom stereocenters. The van der Waals surface area contributed by atoms with Crippen molar-refractivity contribution in [1.82, 2.24) is 0 Å². The molecule has 0 amide bonds. The van der Waals surface area contributed by atoms with Gasteiger partial charge in [-0.05, 0) is 31.9 Å². The van der Waals surface area contributed by atoms with Gasteiger partial charge in [0.05, 0.1) is 6.61 Å². The van der Waals surface area contributed by atoms with Gasteiger partial charge in [0.25, 0.3) is 0 Å². The molecule has 0 unspecified atom stereocenters. The smallest absolute Gasteiger partial charge is 0.332 e. The number of carbonyl (C=O) groups excluding carboxylic acids is 1. The van der Waals surface area contributed by atoms with Gasteiger partial charge in [0.1, 0.15) is 0 Å². The van der Waals surface area contributed by atoms with Crippen molar-refractivity contribution >= 4 is 11.7 Å². The molecular formula is C15H21NO2. The van der Waals surface area contributed by atoms with Gasteiger partial charge < -0.3 is 10.1 Å². The van der Waals surface area contributed by atoms with Crippen molar-refractivity contribution in [1.29, 1.82) is 0 Å². The third kappa shape index (κ3) is 5.53. The summed E-state index contributed by atoms with van der Waals surface area (Å²) in [6.45, 7) is 4.34. The second-order valence-electron chi connectivity index (χ2n) is 4.02. The van der Waals surface area contributed by atoms with Crippen molar-refractivity contribution in [3.63, 3.8) is 0 Å². The summed E-state index contributed by atoms with van der Waals surface area (Å²) in [6.07, 6.45) is 4.54. The van der Waals surface area contributed by atoms with E-state index in [1.54, 1.807) is 6.08 Å². The highest BCUT2D eigenvalue weighted by Gasteiger charge is 2.03. The zero-order valence-corrected chi connectivity index (χ0v) is 11.1. The van der Waals surface area contributed by atoms with Gasteiger partial charge in [0.15, 0.2) is 0 Å². The first-order valence-corrected chi connectivity index (χ1v) is 6.45. The van der Waals surface area contributed by atoms with E-state index in [0.29, 0.717) is 6.61 Å². The molecule has 3 heteroatoms. The molecule has 1 aromatic carbocycles. The second kappa shape index (κ2) is 8.34. The van der Waals surface area contributed by atoms with E-state index in [1.807, 2.05) is 37.3 Å². The Balaban J connectivity index is 2.69. The minimum atomic E-state index is -0.285. The third-order valence-corrected chi connectivity index (χ3v) is 2.46. The fourth-order valence-electron chi connectivity index (χ4n) is 1.57. The first-order chi connectivity index (χ1) is 8.76. The van der Waals surface area contributed by atoms with Crippen LogP contribution in [-0.4, -0.2) is 12.6 Å². The molecule has 0 spiro atoms. The van der Waals surface area contributed by atoms with E-state index in [-0.39, 0.29) is 5.97 Å². The standard InChI is InChI=1S/C15H21NO2/c1-3-5-9-14(12-15(17)18-4-2)16-13-10-7-6-8-11-13/h6-8,10-12,16H,3-5,9H2,1-2H3. The normalized spacial score (nSPS) is 11.1. The van der Waals surface area contributed by atoms with Gasteiger partial charge >= 0.3 is 5.97 Å². The van der Waals surface area contributed by atoms with Crippen molar-refractivity contribution in [2.45, 2.75) is 33.1 Å². The third-order valence-electron chi connectivity index (χ3n) is 2.46. The lowest BCUT2D eigenvalue weighted by Gasteiger charge is -2.10. The minimum Gasteiger partial charge on any atom is -0.463 e. The van der Waals surface area contributed by atoms with Crippen LogP contribution < -0.4 is 5.32 Å². The Morgan fingerprint density at radius 2 is 2.00 bits per heavy atom. The number of hydrogen-bond acceptors (Lipinski definition) is 3. The first kappa shape index (κ1) is 14.3. The molecule has 0 aliphatic carbocycles. The van der Waals surface area contributed by atoms with Crippen molar-refractivity contribution in [2.24, 2.45) is 0 Å². The molecule has 0 aliphatic rings. The van der Waals surface area contributed by atoms with Crippen LogP contribution in [0.15, 0.2) is 42.1 Å². The van der Waals surface area contributed by atoms with Gasteiger partial charge in [0.2, 0.25) is 0 Å². The molecule has 3 nitrogen and oxygen atoms in total. The Kier molecular flexibility index (Phi) is 6.62. The van der Waals surface area contributed by atoms with Gasteiger partial charge in [-0.2, -0.15) is 0 Å². The van der Waals surface area contributed by atoms with E-state index in [4.69, 9.17) is 4.74 Å². The number of ether oxygens (including phenoxy) is 1. The Bertz CT molecular complexity index is 385. The maximum absolute atomic E-state index is 11.5. The number of allylic oxidation sites excluding steroid dienone is 1. The molecule has 1 N–H and O–H groups in total. The van der Waals surface area contributed by atoms with Crippen molar-refractivity contribution in [3.05, 3.63) is 42.1 Å². The molecule has 98 valence electrons. The summed E-state index contributed by atoms with van der Waals surface area (Å²) in [4.78, 5) is 11.5. The Morgan fingerprint density at radius 3 is 2.61 bits per heavy atom. The van der Waals surface area contributed by atoms with E-state index in [0.717, 1.165) is 30.6 Å². The highest BCUT2D eigenvalue weighted by Crippen LogP contribution is 2.13. The van der Waals surface area contributed by atoms with Crippen molar-refractivity contribution < 1.29 is 9.53 Å². The molecule has 0 saturated carbocycles. The number of hydrogen-bond donors (Lipinski definition) is 1. The summed E-state index contributed by atoms with van der Waals surface area (Å²) in [7, 11) is 0. The molecule has 18 heavy (non-hydrogen) atoms. The number of rotatable bonds is 7. The van der Waals surface area contributed by atoms with Crippen LogP contribution in [0, 0.1) is 0 Å². The topological polar surface area (TPSA) is 38.3 Å². The average molecular weight is 247 g/mol. The Labute approximate surface area is 109 Å². The monoisotopic (exact) mass is 247 g/mol. The summed E-state index contributed by atoms with van der Waals surface area (Å²) in [6, 6.07) is 9.84. The molecular weight excluding hydrogens is 226 g/mol. The van der Waals surface area contributed by atoms with Crippen LogP contribution in [0.2, 0.25) is 0 Å². The number of nitrogens with one attached hydrogen (secondary N) is 1. The number of unbranched alkanes of at least 4 members (excludes halogenated alkanes) is 1. The first-order valence-electron chi connectivity index (χ1n) is 6.45. The van der Waals surface area contributed by atoms with E-state index in [9.17, 15) is 4.79 Å². The second-order valence-corrected chi connectivity index (χ2v) is 4.02. The minimum absolute atomic E-state index is 0.285. The average Bonchev–Trinajstić information content (AvgIpc) is 2.37. The fourth-order valence-corrected chi connectivity index (χ4v) is 1.57. The molecule has 0 saturated heterocycles. The quantitative estimate of drug-likeness (QED) is 0.589. The predicted octanol–water partition coefficient (Wildman–Crippen LogP) is 3.74. The predicted molar refractivity (Wildman–Crippen MR) is 74.3 cm³/mol. The molecule has 1 rings (SSSR count). The highest BCUT2D eigenvalue weighted by molar-refractivity contribution is 5.83. The van der Waals surface area contributed by atoms with Crippen LogP contribution in [0.3, 0.4) is 0 Å². The number of anilines is 1. The maximum atomic E-state index is 11.5. The summed E-state index contributed by atoms with van der Waals surface area (Å²) < 4.78 is 4.93. The highest BCUT2D eigenvalue weighted by atomic mass is 16.5. The van der Waals surface area contributed by atoms with Crippen molar-refractivity contribution in [3.8, 4) is 0 Å². The lowest BCUT2D eigenvalue weighted by atomic mass is 10.2. The van der Waals surface area contributed by atoms with Crippen LogP contribution in [0.5, 0.6) is 0 Å². The molecule has 0 aromatic heterocycles. The molecule has 0 aliphatic heterocycles. The largest absolute Gasteiger partial charge is 0.463 e. The van der Waals surface area contributed by atoms with Gasteiger partial charge in [-0.1, -0.05) is 31.5 Å². The van der Waals surface area contributed by atoms with E-state index in [2.05, 4.69) is 12.2 Å². The number of carbonyl (C=O) groups is 1. The van der Waals surface area contributed by atoms with Crippen LogP contribution in [0.1, 0.15) is 33.1 Å². The summed E-state index contributed by atoms with van der Waals surface area (Å²) in [5.41, 5.74) is 1.89. The lowest BCUT2D eigenvalue weighted by Crippen LogP contribution is -2.06. The van der Waals surface area contributed by atoms with Crippen LogP contribution >= 0.6 is 0 Å². The van der Waals surface area contributed by atoms with Crippen LogP contribution in [0.25, 0.3) is 0 Å². The zero-order chi connectivity index (χ0) is 13.2. The molecule has 0 fully saturated rings. The summed E-state index contributed by atoms with van der Waals surface area (Å²) in [5.74, 6) is -0.285. The van der Waals surface area contributed by atoms with Gasteiger partial charge in [-0.3, -0.25) is 0 Å². The summed E-state index contributed by atoms with van der Waals surface area (Å²) in [5, 5.41) is 3.26. The SMILES string of the molecule is CCCCC(=CC(=O)OCC)Nc1ccccc1. The van der Waals surface area contributed by atoms with E-state index < -0.39 is 0 Å². The van der Waals surface area contributed by atoms with Crippen LogP contribution in [0.4, 0.5) is 5.69 Å². The zero-order valence-electron chi connectivity index (χ0n) is 11.1. The molecule has 0 heterocycles. The Hall–Kier alpha value is -1.77. The fraction of sp³-hybridized carbons (Fsp3) is 0.400. The lowest BCUT2D eigenvalue weighted by molar-refractivity contribution is -0.137. The maximum Gasteiger partial charge on any atom is 0.332 e. The van der Waals surface area contributed by atoms with E-state index in [1.165, 1.54) is 0 Å². The van der Waals surface area contributed by atoms with Crippen molar-refractivity contribution in [2.75, 3.05) is 11.9 Å². The van der Waals surface area contributed by atoms with Gasteiger partial charge in [-0.25, -0.2) is 4.79 Å². The van der Waals surface area contributed by atoms with Crippen LogP contribution in [-0.2, 0) is 9.53 Å². The molecule has 0 radical (unpaired) electrons. The number of benzene rings is 1. The summed E-state index contributed by atoms with van der Waals surface area (Å²) >= 11 is 0. The molecule has 1 aromatic rings. The number of esters is 1. The van der Waals surface area contributed by atoms with Gasteiger partial charge in [0, 0.05) is 17.5 Å². The van der Waals surface area contributed by atoms with Gasteiger partial charge in [-0.15, -0.1) is 0 Å². The number of para-hydroxylation sites is 1. The van der Waals surface area contributed by atoms with E-state index >= 15 is 0 Å².